The van der Waals surface area contributed by atoms with Crippen molar-refractivity contribution in [3.63, 3.8) is 0 Å². The minimum Gasteiger partial charge on any atom is -0.381 e. The number of hydrogen-bond donors (Lipinski definition) is 2. The summed E-state index contributed by atoms with van der Waals surface area (Å²) in [4.78, 5) is 37.6. The first kappa shape index (κ1) is 22.1. The van der Waals surface area contributed by atoms with Gasteiger partial charge in [0.25, 0.3) is 11.6 Å². The normalized spacial score (nSPS) is 21.6. The van der Waals surface area contributed by atoms with E-state index in [-0.39, 0.29) is 23.2 Å². The van der Waals surface area contributed by atoms with Gasteiger partial charge in [0.1, 0.15) is 6.04 Å². The third kappa shape index (κ3) is 5.74. The Morgan fingerprint density at radius 3 is 2.70 bits per heavy atom. The Morgan fingerprint density at radius 2 is 2.03 bits per heavy atom. The number of amides is 2. The molecule has 2 fully saturated rings. The average molecular weight is 420 g/mol. The summed E-state index contributed by atoms with van der Waals surface area (Å²) in [5.74, 6) is -0.487. The minimum absolute atomic E-state index is 0.137. The molecule has 2 aliphatic heterocycles. The molecule has 30 heavy (non-hydrogen) atoms. The molecular weight excluding hydrogens is 392 g/mol. The Hall–Kier alpha value is -2.56. The highest BCUT2D eigenvalue weighted by atomic mass is 16.6. The van der Waals surface area contributed by atoms with Crippen LogP contribution in [0.1, 0.15) is 23.7 Å². The van der Waals surface area contributed by atoms with Crippen molar-refractivity contribution in [2.24, 2.45) is 5.92 Å². The first-order valence-corrected chi connectivity index (χ1v) is 10.2. The molecule has 164 valence electrons. The number of carbonyl (C=O) groups is 2. The lowest BCUT2D eigenvalue weighted by Crippen LogP contribution is -2.54. The Morgan fingerprint density at radius 1 is 1.27 bits per heavy atom. The summed E-state index contributed by atoms with van der Waals surface area (Å²) in [6.07, 6.45) is 0.955. The Balaban J connectivity index is 1.55. The number of rotatable bonds is 8. The standard InChI is InChI=1S/C20H28N4O6/c1-14(22-20(26)15-3-2-4-17(11-15)24(27)28)19(25)21-12-18(16-5-8-30-13-16)23-6-9-29-10-7-23/h2-4,11,14,16,18H,5-10,12-13H2,1H3,(H,21,25)(H,22,26). The van der Waals surface area contributed by atoms with Crippen LogP contribution in [0.4, 0.5) is 5.69 Å². The average Bonchev–Trinajstić information content (AvgIpc) is 3.29. The first-order chi connectivity index (χ1) is 14.5. The highest BCUT2D eigenvalue weighted by molar-refractivity contribution is 5.97. The minimum atomic E-state index is -0.776. The fraction of sp³-hybridized carbons (Fsp3) is 0.600. The molecule has 10 nitrogen and oxygen atoms in total. The molecule has 2 aliphatic rings. The SMILES string of the molecule is CC(NC(=O)c1cccc([N+](=O)[O-])c1)C(=O)NCC(C1CCOC1)N1CCOCC1. The summed E-state index contributed by atoms with van der Waals surface area (Å²) in [7, 11) is 0. The molecule has 0 bridgehead atoms. The van der Waals surface area contributed by atoms with E-state index in [9.17, 15) is 19.7 Å². The molecular formula is C20H28N4O6. The van der Waals surface area contributed by atoms with Crippen LogP contribution in [0, 0.1) is 16.0 Å². The number of carbonyl (C=O) groups excluding carboxylic acids is 2. The van der Waals surface area contributed by atoms with Gasteiger partial charge in [-0.15, -0.1) is 0 Å². The molecule has 2 saturated heterocycles. The van der Waals surface area contributed by atoms with E-state index in [0.29, 0.717) is 32.3 Å². The van der Waals surface area contributed by atoms with Gasteiger partial charge in [-0.05, 0) is 19.4 Å². The van der Waals surface area contributed by atoms with Crippen molar-refractivity contribution >= 4 is 17.5 Å². The largest absolute Gasteiger partial charge is 0.381 e. The maximum absolute atomic E-state index is 12.6. The van der Waals surface area contributed by atoms with E-state index in [1.165, 1.54) is 24.3 Å². The van der Waals surface area contributed by atoms with E-state index in [0.717, 1.165) is 26.1 Å². The molecule has 0 saturated carbocycles. The number of benzene rings is 1. The topological polar surface area (TPSA) is 123 Å². The van der Waals surface area contributed by atoms with Crippen LogP contribution in [-0.2, 0) is 14.3 Å². The van der Waals surface area contributed by atoms with Crippen LogP contribution in [0.3, 0.4) is 0 Å². The fourth-order valence-electron chi connectivity index (χ4n) is 3.82. The van der Waals surface area contributed by atoms with Gasteiger partial charge in [0.05, 0.1) is 24.7 Å². The summed E-state index contributed by atoms with van der Waals surface area (Å²) in [5, 5.41) is 16.4. The monoisotopic (exact) mass is 420 g/mol. The van der Waals surface area contributed by atoms with Crippen molar-refractivity contribution in [3.8, 4) is 0 Å². The van der Waals surface area contributed by atoms with Gasteiger partial charge < -0.3 is 20.1 Å². The quantitative estimate of drug-likeness (QED) is 0.465. The zero-order valence-corrected chi connectivity index (χ0v) is 17.0. The van der Waals surface area contributed by atoms with E-state index in [1.807, 2.05) is 0 Å². The molecule has 3 atom stereocenters. The van der Waals surface area contributed by atoms with Gasteiger partial charge in [-0.1, -0.05) is 6.07 Å². The maximum Gasteiger partial charge on any atom is 0.270 e. The molecule has 0 spiro atoms. The van der Waals surface area contributed by atoms with E-state index in [4.69, 9.17) is 9.47 Å². The maximum atomic E-state index is 12.6. The fourth-order valence-corrected chi connectivity index (χ4v) is 3.82. The number of nitro groups is 1. The number of ether oxygens (including phenoxy) is 2. The molecule has 0 aromatic heterocycles. The number of hydrogen-bond acceptors (Lipinski definition) is 7. The van der Waals surface area contributed by atoms with Gasteiger partial charge >= 0.3 is 0 Å². The van der Waals surface area contributed by atoms with E-state index >= 15 is 0 Å². The highest BCUT2D eigenvalue weighted by Gasteiger charge is 2.32. The van der Waals surface area contributed by atoms with Crippen molar-refractivity contribution in [1.29, 1.82) is 0 Å². The van der Waals surface area contributed by atoms with Crippen molar-refractivity contribution < 1.29 is 24.0 Å². The van der Waals surface area contributed by atoms with Gasteiger partial charge in [0.15, 0.2) is 0 Å². The second-order valence-electron chi connectivity index (χ2n) is 7.59. The number of nitro benzene ring substituents is 1. The molecule has 0 aliphatic carbocycles. The lowest BCUT2D eigenvalue weighted by molar-refractivity contribution is -0.384. The van der Waals surface area contributed by atoms with Gasteiger partial charge in [0, 0.05) is 55.9 Å². The smallest absolute Gasteiger partial charge is 0.270 e. The van der Waals surface area contributed by atoms with Crippen molar-refractivity contribution in [2.45, 2.75) is 25.4 Å². The first-order valence-electron chi connectivity index (χ1n) is 10.2. The summed E-state index contributed by atoms with van der Waals surface area (Å²) < 4.78 is 11.0. The summed E-state index contributed by atoms with van der Waals surface area (Å²) in [5.41, 5.74) is -0.0370. The van der Waals surface area contributed by atoms with Gasteiger partial charge in [-0.2, -0.15) is 0 Å². The van der Waals surface area contributed by atoms with E-state index in [1.54, 1.807) is 6.92 Å². The zero-order chi connectivity index (χ0) is 21.5. The van der Waals surface area contributed by atoms with Crippen LogP contribution >= 0.6 is 0 Å². The molecule has 2 heterocycles. The van der Waals surface area contributed by atoms with Crippen LogP contribution in [0.5, 0.6) is 0 Å². The predicted octanol–water partition coefficient (Wildman–Crippen LogP) is 0.567. The van der Waals surface area contributed by atoms with Crippen molar-refractivity contribution in [1.82, 2.24) is 15.5 Å². The van der Waals surface area contributed by atoms with Crippen molar-refractivity contribution in [3.05, 3.63) is 39.9 Å². The molecule has 10 heteroatoms. The molecule has 0 radical (unpaired) electrons. The number of morpholine rings is 1. The van der Waals surface area contributed by atoms with E-state index in [2.05, 4.69) is 15.5 Å². The summed E-state index contributed by atoms with van der Waals surface area (Å²) in [6.45, 7) is 6.44. The van der Waals surface area contributed by atoms with Crippen LogP contribution < -0.4 is 10.6 Å². The van der Waals surface area contributed by atoms with Crippen LogP contribution in [0.25, 0.3) is 0 Å². The highest BCUT2D eigenvalue weighted by Crippen LogP contribution is 2.22. The van der Waals surface area contributed by atoms with Gasteiger partial charge in [-0.25, -0.2) is 0 Å². The predicted molar refractivity (Wildman–Crippen MR) is 108 cm³/mol. The Kier molecular flexibility index (Phi) is 7.72. The molecule has 1 aromatic carbocycles. The molecule has 1 aromatic rings. The lowest BCUT2D eigenvalue weighted by Gasteiger charge is -2.37. The second-order valence-corrected chi connectivity index (χ2v) is 7.59. The van der Waals surface area contributed by atoms with E-state index < -0.39 is 16.9 Å². The van der Waals surface area contributed by atoms with Crippen LogP contribution in [0.2, 0.25) is 0 Å². The Labute approximate surface area is 175 Å². The summed E-state index contributed by atoms with van der Waals surface area (Å²) in [6, 6.07) is 4.79. The number of non-ortho nitro benzene ring substituents is 1. The van der Waals surface area contributed by atoms with Crippen LogP contribution in [0.15, 0.2) is 24.3 Å². The second kappa shape index (κ2) is 10.5. The third-order valence-electron chi connectivity index (χ3n) is 5.57. The van der Waals surface area contributed by atoms with Gasteiger partial charge in [-0.3, -0.25) is 24.6 Å². The van der Waals surface area contributed by atoms with Gasteiger partial charge in [0.2, 0.25) is 5.91 Å². The molecule has 3 unspecified atom stereocenters. The molecule has 3 rings (SSSR count). The number of nitrogens with zero attached hydrogens (tertiary/aromatic N) is 2. The van der Waals surface area contributed by atoms with Crippen molar-refractivity contribution in [2.75, 3.05) is 46.1 Å². The third-order valence-corrected chi connectivity index (χ3v) is 5.57. The molecule has 2 N–H and O–H groups in total. The molecule has 2 amide bonds. The lowest BCUT2D eigenvalue weighted by atomic mass is 9.96. The zero-order valence-electron chi connectivity index (χ0n) is 17.0. The Bertz CT molecular complexity index is 761. The number of nitrogens with one attached hydrogen (secondary N) is 2. The van der Waals surface area contributed by atoms with Crippen LogP contribution in [-0.4, -0.2) is 79.8 Å². The summed E-state index contributed by atoms with van der Waals surface area (Å²) >= 11 is 0.